The number of nitrogens with zero attached hydrogens (tertiary/aromatic N) is 6. The van der Waals surface area contributed by atoms with Gasteiger partial charge in [0.1, 0.15) is 11.6 Å². The van der Waals surface area contributed by atoms with Gasteiger partial charge in [-0.25, -0.2) is 14.6 Å². The van der Waals surface area contributed by atoms with E-state index in [1.54, 1.807) is 0 Å². The van der Waals surface area contributed by atoms with Crippen LogP contribution in [0.4, 0.5) is 5.82 Å². The first-order chi connectivity index (χ1) is 16.4. The van der Waals surface area contributed by atoms with Crippen LogP contribution in [0.2, 0.25) is 0 Å². The maximum Gasteiger partial charge on any atom is 0.253 e. The van der Waals surface area contributed by atoms with E-state index in [9.17, 15) is 4.79 Å². The van der Waals surface area contributed by atoms with Crippen LogP contribution in [-0.4, -0.2) is 56.7 Å². The minimum Gasteiger partial charge on any atom is -0.354 e. The van der Waals surface area contributed by atoms with Crippen LogP contribution in [0.5, 0.6) is 0 Å². The van der Waals surface area contributed by atoms with Gasteiger partial charge in [-0.15, -0.1) is 0 Å². The number of rotatable bonds is 3. The van der Waals surface area contributed by atoms with E-state index in [2.05, 4.69) is 24.0 Å². The molecule has 0 spiro atoms. The number of anilines is 1. The smallest absolute Gasteiger partial charge is 0.253 e. The lowest BCUT2D eigenvalue weighted by molar-refractivity contribution is 0.0767. The third kappa shape index (κ3) is 4.02. The molecule has 4 aromatic rings. The average molecular weight is 455 g/mol. The van der Waals surface area contributed by atoms with Crippen LogP contribution in [0.3, 0.4) is 0 Å². The number of carbonyl (C=O) groups is 1. The Morgan fingerprint density at radius 1 is 0.853 bits per heavy atom. The molecule has 1 fully saturated rings. The normalized spacial score (nSPS) is 14.5. The molecule has 0 unspecified atom stereocenters. The van der Waals surface area contributed by atoms with E-state index in [0.29, 0.717) is 12.4 Å². The third-order valence-electron chi connectivity index (χ3n) is 6.52. The molecule has 174 valence electrons. The quantitative estimate of drug-likeness (QED) is 0.459. The Hall–Kier alpha value is -3.74. The standard InChI is InChI=1S/C27H30N6O/c1-18-10-12-22(13-11-18)27(34)32-15-7-14-31(16-17-32)25-24-20(3)30-33(26(24)29-21(4)28-25)23-9-6-5-8-19(23)2/h5-6,8-13H,7,14-17H2,1-4H3. The summed E-state index contributed by atoms with van der Waals surface area (Å²) in [6.45, 7) is 11.0. The topological polar surface area (TPSA) is 67.2 Å². The van der Waals surface area contributed by atoms with E-state index in [1.807, 2.05) is 66.8 Å². The number of hydrogen-bond acceptors (Lipinski definition) is 5. The fraction of sp³-hybridized carbons (Fsp3) is 0.333. The second-order valence-corrected chi connectivity index (χ2v) is 9.08. The predicted molar refractivity (Wildman–Crippen MR) is 135 cm³/mol. The first kappa shape index (κ1) is 22.1. The van der Waals surface area contributed by atoms with Gasteiger partial charge in [0.2, 0.25) is 0 Å². The second kappa shape index (κ2) is 8.89. The van der Waals surface area contributed by atoms with Crippen molar-refractivity contribution >= 4 is 22.8 Å². The summed E-state index contributed by atoms with van der Waals surface area (Å²) in [6, 6.07) is 16.0. The molecular weight excluding hydrogens is 424 g/mol. The highest BCUT2D eigenvalue weighted by Crippen LogP contribution is 2.30. The van der Waals surface area contributed by atoms with Crippen LogP contribution in [0, 0.1) is 27.7 Å². The molecule has 0 radical (unpaired) electrons. The van der Waals surface area contributed by atoms with E-state index in [4.69, 9.17) is 15.1 Å². The van der Waals surface area contributed by atoms with E-state index in [-0.39, 0.29) is 5.91 Å². The van der Waals surface area contributed by atoms with Crippen LogP contribution >= 0.6 is 0 Å². The summed E-state index contributed by atoms with van der Waals surface area (Å²) in [5.74, 6) is 1.72. The zero-order valence-corrected chi connectivity index (χ0v) is 20.2. The average Bonchev–Trinajstić information content (AvgIpc) is 2.99. The highest BCUT2D eigenvalue weighted by molar-refractivity contribution is 5.94. The minimum absolute atomic E-state index is 0.0921. The molecule has 3 heterocycles. The summed E-state index contributed by atoms with van der Waals surface area (Å²) in [7, 11) is 0. The summed E-state index contributed by atoms with van der Waals surface area (Å²) < 4.78 is 1.93. The van der Waals surface area contributed by atoms with Gasteiger partial charge < -0.3 is 9.80 Å². The first-order valence-electron chi connectivity index (χ1n) is 11.8. The van der Waals surface area contributed by atoms with Crippen molar-refractivity contribution in [2.45, 2.75) is 34.1 Å². The van der Waals surface area contributed by atoms with Gasteiger partial charge in [-0.1, -0.05) is 35.9 Å². The van der Waals surface area contributed by atoms with Crippen molar-refractivity contribution in [3.8, 4) is 5.69 Å². The Bertz CT molecular complexity index is 1360. The number of aryl methyl sites for hydroxylation is 4. The maximum atomic E-state index is 13.1. The molecule has 0 atom stereocenters. The molecule has 1 saturated heterocycles. The largest absolute Gasteiger partial charge is 0.354 e. The maximum absolute atomic E-state index is 13.1. The van der Waals surface area contributed by atoms with Gasteiger partial charge in [0, 0.05) is 31.7 Å². The SMILES string of the molecule is Cc1ccc(C(=O)N2CCCN(c3nc(C)nc4c3c(C)nn4-c3ccccc3C)CC2)cc1. The number of para-hydroxylation sites is 1. The monoisotopic (exact) mass is 454 g/mol. The number of fused-ring (bicyclic) bond motifs is 1. The van der Waals surface area contributed by atoms with Crippen molar-refractivity contribution in [2.75, 3.05) is 31.1 Å². The fourth-order valence-corrected chi connectivity index (χ4v) is 4.68. The number of amides is 1. The van der Waals surface area contributed by atoms with E-state index >= 15 is 0 Å². The molecule has 1 aliphatic heterocycles. The highest BCUT2D eigenvalue weighted by atomic mass is 16.2. The fourth-order valence-electron chi connectivity index (χ4n) is 4.68. The molecule has 2 aromatic heterocycles. The van der Waals surface area contributed by atoms with Crippen molar-refractivity contribution in [2.24, 2.45) is 0 Å². The summed E-state index contributed by atoms with van der Waals surface area (Å²) in [4.78, 5) is 27.0. The summed E-state index contributed by atoms with van der Waals surface area (Å²) in [5.41, 5.74) is 5.80. The van der Waals surface area contributed by atoms with Gasteiger partial charge in [0.25, 0.3) is 5.91 Å². The molecule has 5 rings (SSSR count). The van der Waals surface area contributed by atoms with Crippen LogP contribution in [0.15, 0.2) is 48.5 Å². The van der Waals surface area contributed by atoms with Gasteiger partial charge in [0.15, 0.2) is 5.65 Å². The van der Waals surface area contributed by atoms with Crippen molar-refractivity contribution in [1.29, 1.82) is 0 Å². The minimum atomic E-state index is 0.0921. The molecule has 0 N–H and O–H groups in total. The lowest BCUT2D eigenvalue weighted by Crippen LogP contribution is -2.35. The van der Waals surface area contributed by atoms with Gasteiger partial charge in [-0.3, -0.25) is 4.79 Å². The van der Waals surface area contributed by atoms with E-state index < -0.39 is 0 Å². The summed E-state index contributed by atoms with van der Waals surface area (Å²) in [6.07, 6.45) is 0.882. The number of hydrogen-bond donors (Lipinski definition) is 0. The Kier molecular flexibility index (Phi) is 5.77. The predicted octanol–water partition coefficient (Wildman–Crippen LogP) is 4.40. The number of aromatic nitrogens is 4. The van der Waals surface area contributed by atoms with Gasteiger partial charge in [-0.2, -0.15) is 5.10 Å². The molecule has 1 amide bonds. The molecule has 34 heavy (non-hydrogen) atoms. The van der Waals surface area contributed by atoms with E-state index in [1.165, 1.54) is 0 Å². The molecule has 0 saturated carbocycles. The van der Waals surface area contributed by atoms with Crippen LogP contribution < -0.4 is 4.90 Å². The molecule has 0 aliphatic carbocycles. The molecule has 7 nitrogen and oxygen atoms in total. The lowest BCUT2D eigenvalue weighted by Gasteiger charge is -2.24. The van der Waals surface area contributed by atoms with Gasteiger partial charge in [0.05, 0.1) is 16.8 Å². The molecule has 7 heteroatoms. The summed E-state index contributed by atoms with van der Waals surface area (Å²) in [5, 5.41) is 5.83. The van der Waals surface area contributed by atoms with Crippen LogP contribution in [0.1, 0.15) is 39.4 Å². The van der Waals surface area contributed by atoms with Crippen molar-refractivity contribution in [1.82, 2.24) is 24.6 Å². The first-order valence-corrected chi connectivity index (χ1v) is 11.8. The molecule has 0 bridgehead atoms. The highest BCUT2D eigenvalue weighted by Gasteiger charge is 2.25. The molecule has 1 aliphatic rings. The molecule has 2 aromatic carbocycles. The summed E-state index contributed by atoms with van der Waals surface area (Å²) >= 11 is 0. The van der Waals surface area contributed by atoms with Gasteiger partial charge >= 0.3 is 0 Å². The van der Waals surface area contributed by atoms with Gasteiger partial charge in [-0.05, 0) is 57.9 Å². The van der Waals surface area contributed by atoms with Crippen molar-refractivity contribution < 1.29 is 4.79 Å². The Morgan fingerprint density at radius 3 is 2.38 bits per heavy atom. The molecular formula is C27H30N6O. The Balaban J connectivity index is 1.47. The number of benzene rings is 2. The van der Waals surface area contributed by atoms with Crippen LogP contribution in [0.25, 0.3) is 16.7 Å². The van der Waals surface area contributed by atoms with Crippen molar-refractivity contribution in [3.63, 3.8) is 0 Å². The Morgan fingerprint density at radius 2 is 1.62 bits per heavy atom. The Labute approximate surface area is 200 Å². The lowest BCUT2D eigenvalue weighted by atomic mass is 10.1. The van der Waals surface area contributed by atoms with Crippen molar-refractivity contribution in [3.05, 3.63) is 76.7 Å². The van der Waals surface area contributed by atoms with E-state index in [0.717, 1.165) is 71.0 Å². The zero-order chi connectivity index (χ0) is 23.8. The van der Waals surface area contributed by atoms with Crippen LogP contribution in [-0.2, 0) is 0 Å². The third-order valence-corrected chi connectivity index (χ3v) is 6.52. The number of carbonyl (C=O) groups excluding carboxylic acids is 1. The zero-order valence-electron chi connectivity index (χ0n) is 20.2. The second-order valence-electron chi connectivity index (χ2n) is 9.08.